The Kier molecular flexibility index (Phi) is 3.51. The van der Waals surface area contributed by atoms with Crippen molar-refractivity contribution >= 4 is 11.6 Å². The maximum Gasteiger partial charge on any atom is -0.0230 e. The Morgan fingerprint density at radius 3 is 2.38 bits per heavy atom. The van der Waals surface area contributed by atoms with Crippen molar-refractivity contribution in [3.63, 3.8) is 0 Å². The van der Waals surface area contributed by atoms with Gasteiger partial charge in [-0.1, -0.05) is 56.8 Å². The molecule has 0 aromatic heterocycles. The largest absolute Gasteiger partial charge is 0.0985 e. The summed E-state index contributed by atoms with van der Waals surface area (Å²) in [5.74, 6) is 0. The first kappa shape index (κ1) is 9.79. The Bertz CT molecular complexity index is 290. The molecule has 0 aliphatic heterocycles. The van der Waals surface area contributed by atoms with Crippen LogP contribution in [0.25, 0.3) is 11.6 Å². The molecule has 0 aliphatic carbocycles. The molecule has 0 heterocycles. The Morgan fingerprint density at radius 2 is 1.92 bits per heavy atom. The Labute approximate surface area is 80.6 Å². The molecule has 1 rings (SSSR count). The summed E-state index contributed by atoms with van der Waals surface area (Å²) in [6.45, 7) is 9.93. The minimum Gasteiger partial charge on any atom is -0.0985 e. The maximum atomic E-state index is 4.04. The summed E-state index contributed by atoms with van der Waals surface area (Å²) in [4.78, 5) is 0. The zero-order valence-electron chi connectivity index (χ0n) is 8.22. The normalized spacial score (nSPS) is 9.62. The van der Waals surface area contributed by atoms with Gasteiger partial charge in [-0.15, -0.1) is 0 Å². The molecule has 0 spiro atoms. The fourth-order valence-corrected chi connectivity index (χ4v) is 1.30. The van der Waals surface area contributed by atoms with Crippen molar-refractivity contribution in [1.29, 1.82) is 0 Å². The highest BCUT2D eigenvalue weighted by molar-refractivity contribution is 5.64. The van der Waals surface area contributed by atoms with E-state index in [9.17, 15) is 0 Å². The minimum atomic E-state index is 1.08. The van der Waals surface area contributed by atoms with Gasteiger partial charge in [0.25, 0.3) is 0 Å². The number of allylic oxidation sites excluding steroid dienone is 1. The Morgan fingerprint density at radius 1 is 1.31 bits per heavy atom. The maximum absolute atomic E-state index is 4.04. The molecule has 68 valence electrons. The first-order valence-corrected chi connectivity index (χ1v) is 4.68. The second-order valence-corrected chi connectivity index (χ2v) is 3.18. The lowest BCUT2D eigenvalue weighted by Crippen LogP contribution is -1.82. The van der Waals surface area contributed by atoms with Gasteiger partial charge in [0.2, 0.25) is 0 Å². The van der Waals surface area contributed by atoms with E-state index in [1.165, 1.54) is 11.1 Å². The second-order valence-electron chi connectivity index (χ2n) is 3.18. The average molecular weight is 172 g/mol. The van der Waals surface area contributed by atoms with Crippen LogP contribution in [0.2, 0.25) is 0 Å². The molecule has 0 saturated heterocycles. The van der Waals surface area contributed by atoms with Crippen molar-refractivity contribution in [3.05, 3.63) is 48.6 Å². The van der Waals surface area contributed by atoms with E-state index in [0.29, 0.717) is 0 Å². The van der Waals surface area contributed by atoms with Crippen LogP contribution in [-0.4, -0.2) is 0 Å². The summed E-state index contributed by atoms with van der Waals surface area (Å²) in [6.07, 6.45) is 4.09. The zero-order valence-corrected chi connectivity index (χ0v) is 8.22. The highest BCUT2D eigenvalue weighted by Gasteiger charge is 1.96. The molecule has 0 saturated carbocycles. The molecule has 0 radical (unpaired) electrons. The number of rotatable bonds is 4. The molecule has 0 nitrogen and oxygen atoms in total. The predicted octanol–water partition coefficient (Wildman–Crippen LogP) is 4.14. The van der Waals surface area contributed by atoms with Crippen molar-refractivity contribution < 1.29 is 0 Å². The lowest BCUT2D eigenvalue weighted by atomic mass is 10.0. The van der Waals surface area contributed by atoms with Gasteiger partial charge in [0, 0.05) is 0 Å². The molecule has 0 bridgehead atoms. The monoisotopic (exact) mass is 172 g/mol. The van der Waals surface area contributed by atoms with Crippen LogP contribution < -0.4 is 0 Å². The van der Waals surface area contributed by atoms with E-state index in [4.69, 9.17) is 0 Å². The Hall–Kier alpha value is -1.30. The SMILES string of the molecule is C=Cc1ccc(C(=C)CCC)cc1. The van der Waals surface area contributed by atoms with Crippen molar-refractivity contribution in [2.24, 2.45) is 0 Å². The van der Waals surface area contributed by atoms with Crippen molar-refractivity contribution in [3.8, 4) is 0 Å². The Balaban J connectivity index is 2.79. The third-order valence-electron chi connectivity index (χ3n) is 2.11. The third-order valence-corrected chi connectivity index (χ3v) is 2.11. The van der Waals surface area contributed by atoms with Gasteiger partial charge in [-0.05, 0) is 23.1 Å². The average Bonchev–Trinajstić information content (AvgIpc) is 2.18. The second kappa shape index (κ2) is 4.66. The minimum absolute atomic E-state index is 1.08. The summed E-state index contributed by atoms with van der Waals surface area (Å²) < 4.78 is 0. The number of hydrogen-bond acceptors (Lipinski definition) is 0. The van der Waals surface area contributed by atoms with Gasteiger partial charge in [0.15, 0.2) is 0 Å². The topological polar surface area (TPSA) is 0 Å². The van der Waals surface area contributed by atoms with Crippen LogP contribution in [0.1, 0.15) is 30.9 Å². The van der Waals surface area contributed by atoms with Gasteiger partial charge in [-0.2, -0.15) is 0 Å². The predicted molar refractivity (Wildman–Crippen MR) is 60.5 cm³/mol. The highest BCUT2D eigenvalue weighted by Crippen LogP contribution is 2.18. The molecule has 0 atom stereocenters. The number of hydrogen-bond donors (Lipinski definition) is 0. The van der Waals surface area contributed by atoms with Gasteiger partial charge in [0.05, 0.1) is 0 Å². The fraction of sp³-hybridized carbons (Fsp3) is 0.231. The van der Waals surface area contributed by atoms with Crippen LogP contribution in [0.15, 0.2) is 37.4 Å². The van der Waals surface area contributed by atoms with E-state index in [2.05, 4.69) is 44.3 Å². The van der Waals surface area contributed by atoms with Crippen LogP contribution >= 0.6 is 0 Å². The van der Waals surface area contributed by atoms with Gasteiger partial charge < -0.3 is 0 Å². The lowest BCUT2D eigenvalue weighted by Gasteiger charge is -2.03. The lowest BCUT2D eigenvalue weighted by molar-refractivity contribution is 0.975. The first-order chi connectivity index (χ1) is 6.27. The standard InChI is InChI=1S/C13H16/c1-4-6-11(3)13-9-7-12(5-2)8-10-13/h5,7-10H,2-4,6H2,1H3. The van der Waals surface area contributed by atoms with E-state index in [-0.39, 0.29) is 0 Å². The molecular weight excluding hydrogens is 156 g/mol. The summed E-state index contributed by atoms with van der Waals surface area (Å²) in [5.41, 5.74) is 3.62. The van der Waals surface area contributed by atoms with Crippen molar-refractivity contribution in [2.75, 3.05) is 0 Å². The number of benzene rings is 1. The fourth-order valence-electron chi connectivity index (χ4n) is 1.30. The molecule has 0 unspecified atom stereocenters. The summed E-state index contributed by atoms with van der Waals surface area (Å²) in [6, 6.07) is 8.36. The van der Waals surface area contributed by atoms with E-state index in [1.54, 1.807) is 0 Å². The third kappa shape index (κ3) is 2.59. The molecule has 0 N–H and O–H groups in total. The van der Waals surface area contributed by atoms with Crippen LogP contribution in [0.3, 0.4) is 0 Å². The summed E-state index contributed by atoms with van der Waals surface area (Å²) in [7, 11) is 0. The van der Waals surface area contributed by atoms with E-state index in [0.717, 1.165) is 18.4 Å². The molecule has 0 heteroatoms. The van der Waals surface area contributed by atoms with E-state index >= 15 is 0 Å². The van der Waals surface area contributed by atoms with Gasteiger partial charge in [-0.25, -0.2) is 0 Å². The molecule has 1 aromatic rings. The summed E-state index contributed by atoms with van der Waals surface area (Å²) >= 11 is 0. The molecule has 0 aliphatic rings. The quantitative estimate of drug-likeness (QED) is 0.640. The van der Waals surface area contributed by atoms with Crippen molar-refractivity contribution in [2.45, 2.75) is 19.8 Å². The van der Waals surface area contributed by atoms with Gasteiger partial charge >= 0.3 is 0 Å². The van der Waals surface area contributed by atoms with Crippen LogP contribution in [0.5, 0.6) is 0 Å². The van der Waals surface area contributed by atoms with Gasteiger partial charge in [0.1, 0.15) is 0 Å². The molecule has 1 aromatic carbocycles. The zero-order chi connectivity index (χ0) is 9.68. The van der Waals surface area contributed by atoms with Crippen molar-refractivity contribution in [1.82, 2.24) is 0 Å². The molecule has 13 heavy (non-hydrogen) atoms. The molecule has 0 fully saturated rings. The highest BCUT2D eigenvalue weighted by atomic mass is 14.0. The van der Waals surface area contributed by atoms with E-state index < -0.39 is 0 Å². The van der Waals surface area contributed by atoms with E-state index in [1.807, 2.05) is 6.08 Å². The van der Waals surface area contributed by atoms with Gasteiger partial charge in [-0.3, -0.25) is 0 Å². The van der Waals surface area contributed by atoms with Crippen LogP contribution in [0.4, 0.5) is 0 Å². The first-order valence-electron chi connectivity index (χ1n) is 4.68. The molecule has 0 amide bonds. The smallest absolute Gasteiger partial charge is 0.0230 e. The van der Waals surface area contributed by atoms with Crippen LogP contribution in [0, 0.1) is 0 Å². The summed E-state index contributed by atoms with van der Waals surface area (Å²) in [5, 5.41) is 0. The van der Waals surface area contributed by atoms with Crippen LogP contribution in [-0.2, 0) is 0 Å². The molecular formula is C13H16.